The van der Waals surface area contributed by atoms with E-state index in [0.717, 1.165) is 57.9 Å². The Morgan fingerprint density at radius 3 is 2.50 bits per heavy atom. The Balaban J connectivity index is 1.36. The minimum Gasteiger partial charge on any atom is -0.507 e. The van der Waals surface area contributed by atoms with E-state index in [4.69, 9.17) is 9.47 Å². The summed E-state index contributed by atoms with van der Waals surface area (Å²) in [6.45, 7) is 9.29. The van der Waals surface area contributed by atoms with E-state index in [1.54, 1.807) is 0 Å². The van der Waals surface area contributed by atoms with Crippen LogP contribution < -0.4 is 14.3 Å². The molecule has 0 bridgehead atoms. The van der Waals surface area contributed by atoms with Crippen molar-refractivity contribution in [3.8, 4) is 23.1 Å². The van der Waals surface area contributed by atoms with Crippen LogP contribution >= 0.6 is 11.3 Å². The van der Waals surface area contributed by atoms with Gasteiger partial charge in [0.1, 0.15) is 17.2 Å². The maximum Gasteiger partial charge on any atom is 0.307 e. The van der Waals surface area contributed by atoms with Gasteiger partial charge in [-0.3, -0.25) is 9.78 Å². The lowest BCUT2D eigenvalue weighted by molar-refractivity contribution is 0.106. The van der Waals surface area contributed by atoms with E-state index in [9.17, 15) is 15.0 Å². The molecule has 0 spiro atoms. The number of ether oxygens (including phenoxy) is 2. The first-order chi connectivity index (χ1) is 15.2. The molecule has 1 unspecified atom stereocenters. The average molecular weight is 456 g/mol. The van der Waals surface area contributed by atoms with E-state index in [1.165, 1.54) is 5.56 Å². The molecular formula is C25H29NO5S. The number of nitrogens with one attached hydrogen (secondary N) is 1. The van der Waals surface area contributed by atoms with Crippen molar-refractivity contribution in [2.24, 2.45) is 5.41 Å². The smallest absolute Gasteiger partial charge is 0.307 e. The van der Waals surface area contributed by atoms with E-state index in [2.05, 4.69) is 11.9 Å². The van der Waals surface area contributed by atoms with E-state index < -0.39 is 0 Å². The van der Waals surface area contributed by atoms with Crippen molar-refractivity contribution in [2.75, 3.05) is 13.2 Å². The third kappa shape index (κ3) is 4.35. The number of benzene rings is 2. The molecule has 2 heterocycles. The number of hydrogen-bond acceptors (Lipinski definition) is 6. The third-order valence-corrected chi connectivity index (χ3v) is 7.34. The summed E-state index contributed by atoms with van der Waals surface area (Å²) in [5.41, 5.74) is 4.98. The number of phenolic OH excluding ortho intramolecular Hbond substituents is 1. The molecule has 32 heavy (non-hydrogen) atoms. The quantitative estimate of drug-likeness (QED) is 0.498. The standard InChI is InChI=1S/C25H29NO5S/c1-14-15(2)21(27)16(3)22-19(14)12-25(4,13-31-22)9-10-30-18-7-5-17(6-8-18)11-20-23(28)26-24(29)32-20/h5-8,27-28H,9-13H2,1-4H3,(H,26,29). The van der Waals surface area contributed by atoms with Crippen molar-refractivity contribution in [2.45, 2.75) is 47.0 Å². The van der Waals surface area contributed by atoms with Crippen LogP contribution in [0.4, 0.5) is 0 Å². The topological polar surface area (TPSA) is 91.8 Å². The highest BCUT2D eigenvalue weighted by atomic mass is 32.1. The van der Waals surface area contributed by atoms with Crippen LogP contribution in [0.5, 0.6) is 23.1 Å². The summed E-state index contributed by atoms with van der Waals surface area (Å²) in [4.78, 5) is 14.1. The minimum absolute atomic E-state index is 0.0449. The molecule has 3 aromatic rings. The van der Waals surface area contributed by atoms with Crippen LogP contribution in [-0.4, -0.2) is 28.4 Å². The number of hydrogen-bond donors (Lipinski definition) is 3. The maximum atomic E-state index is 11.3. The van der Waals surface area contributed by atoms with Gasteiger partial charge < -0.3 is 19.7 Å². The number of fused-ring (bicyclic) bond motifs is 1. The first kappa shape index (κ1) is 22.3. The lowest BCUT2D eigenvalue weighted by atomic mass is 9.77. The number of aromatic hydroxyl groups is 2. The highest BCUT2D eigenvalue weighted by Gasteiger charge is 2.34. The lowest BCUT2D eigenvalue weighted by Gasteiger charge is -2.37. The molecule has 170 valence electrons. The molecular weight excluding hydrogens is 426 g/mol. The summed E-state index contributed by atoms with van der Waals surface area (Å²) < 4.78 is 12.1. The Hall–Kier alpha value is -2.93. The van der Waals surface area contributed by atoms with Gasteiger partial charge in [0.25, 0.3) is 0 Å². The molecule has 1 aliphatic rings. The molecule has 3 N–H and O–H groups in total. The Kier molecular flexibility index (Phi) is 5.95. The molecule has 0 amide bonds. The van der Waals surface area contributed by atoms with Crippen LogP contribution in [0.2, 0.25) is 0 Å². The second-order valence-corrected chi connectivity index (χ2v) is 10.1. The summed E-state index contributed by atoms with van der Waals surface area (Å²) in [5.74, 6) is 1.89. The first-order valence-electron chi connectivity index (χ1n) is 10.7. The molecule has 1 aliphatic heterocycles. The van der Waals surface area contributed by atoms with Gasteiger partial charge in [-0.05, 0) is 68.0 Å². The molecule has 6 nitrogen and oxygen atoms in total. The van der Waals surface area contributed by atoms with Crippen LogP contribution in [0.3, 0.4) is 0 Å². The van der Waals surface area contributed by atoms with Crippen LogP contribution in [0, 0.1) is 26.2 Å². The molecule has 1 aromatic heterocycles. The molecule has 1 atom stereocenters. The van der Waals surface area contributed by atoms with Crippen molar-refractivity contribution in [3.63, 3.8) is 0 Å². The average Bonchev–Trinajstić information content (AvgIpc) is 3.08. The van der Waals surface area contributed by atoms with E-state index in [1.807, 2.05) is 45.0 Å². The molecule has 0 aliphatic carbocycles. The number of rotatable bonds is 6. The molecule has 0 saturated heterocycles. The Morgan fingerprint density at radius 1 is 1.12 bits per heavy atom. The fraction of sp³-hybridized carbons (Fsp3) is 0.400. The van der Waals surface area contributed by atoms with Gasteiger partial charge >= 0.3 is 4.87 Å². The maximum absolute atomic E-state index is 11.3. The summed E-state index contributed by atoms with van der Waals surface area (Å²) >= 11 is 1.02. The summed E-state index contributed by atoms with van der Waals surface area (Å²) in [5, 5.41) is 20.1. The lowest BCUT2D eigenvalue weighted by Crippen LogP contribution is -2.34. The molecule has 4 rings (SSSR count). The third-order valence-electron chi connectivity index (χ3n) is 6.47. The zero-order valence-corrected chi connectivity index (χ0v) is 19.7. The van der Waals surface area contributed by atoms with Crippen molar-refractivity contribution in [1.29, 1.82) is 0 Å². The van der Waals surface area contributed by atoms with Crippen LogP contribution in [0.15, 0.2) is 29.1 Å². The Bertz CT molecular complexity index is 1190. The van der Waals surface area contributed by atoms with Gasteiger partial charge in [-0.1, -0.05) is 30.4 Å². The molecule has 0 radical (unpaired) electrons. The highest BCUT2D eigenvalue weighted by Crippen LogP contribution is 2.44. The largest absolute Gasteiger partial charge is 0.507 e. The van der Waals surface area contributed by atoms with Gasteiger partial charge in [0.2, 0.25) is 5.88 Å². The zero-order chi connectivity index (χ0) is 23.0. The van der Waals surface area contributed by atoms with Crippen molar-refractivity contribution < 1.29 is 19.7 Å². The SMILES string of the molecule is Cc1c(C)c2c(c(C)c1O)OCC(C)(CCOc1ccc(Cc3sc(=O)[nH]c3O)cc1)C2. The van der Waals surface area contributed by atoms with Crippen molar-refractivity contribution in [3.05, 3.63) is 66.6 Å². The fourth-order valence-electron chi connectivity index (χ4n) is 4.26. The van der Waals surface area contributed by atoms with Crippen molar-refractivity contribution >= 4 is 11.3 Å². The number of aromatic nitrogens is 1. The van der Waals surface area contributed by atoms with Crippen LogP contribution in [0.25, 0.3) is 0 Å². The van der Waals surface area contributed by atoms with Gasteiger partial charge in [0.15, 0.2) is 0 Å². The Morgan fingerprint density at radius 2 is 1.84 bits per heavy atom. The number of phenols is 1. The van der Waals surface area contributed by atoms with Crippen molar-refractivity contribution in [1.82, 2.24) is 4.98 Å². The number of thiazole rings is 1. The molecule has 0 fully saturated rings. The van der Waals surface area contributed by atoms with Gasteiger partial charge in [0.05, 0.1) is 18.1 Å². The van der Waals surface area contributed by atoms with Crippen LogP contribution in [0.1, 0.15) is 46.0 Å². The fourth-order valence-corrected chi connectivity index (χ4v) is 5.02. The van der Waals surface area contributed by atoms with Crippen LogP contribution in [-0.2, 0) is 12.8 Å². The van der Waals surface area contributed by atoms with Gasteiger partial charge in [-0.25, -0.2) is 0 Å². The number of H-pyrrole nitrogens is 1. The normalized spacial score (nSPS) is 17.6. The predicted molar refractivity (Wildman–Crippen MR) is 126 cm³/mol. The van der Waals surface area contributed by atoms with E-state index >= 15 is 0 Å². The monoisotopic (exact) mass is 455 g/mol. The zero-order valence-electron chi connectivity index (χ0n) is 18.9. The minimum atomic E-state index is -0.252. The number of aromatic amines is 1. The Labute approximate surface area is 191 Å². The molecule has 0 saturated carbocycles. The molecule has 2 aromatic carbocycles. The second kappa shape index (κ2) is 8.54. The summed E-state index contributed by atoms with van der Waals surface area (Å²) in [7, 11) is 0. The summed E-state index contributed by atoms with van der Waals surface area (Å²) in [6.07, 6.45) is 2.23. The molecule has 7 heteroatoms. The predicted octanol–water partition coefficient (Wildman–Crippen LogP) is 4.77. The van der Waals surface area contributed by atoms with Gasteiger partial charge in [-0.15, -0.1) is 0 Å². The summed E-state index contributed by atoms with van der Waals surface area (Å²) in [6, 6.07) is 7.72. The van der Waals surface area contributed by atoms with Gasteiger partial charge in [0, 0.05) is 17.4 Å². The highest BCUT2D eigenvalue weighted by molar-refractivity contribution is 7.09. The van der Waals surface area contributed by atoms with E-state index in [0.29, 0.717) is 30.3 Å². The van der Waals surface area contributed by atoms with E-state index in [-0.39, 0.29) is 16.2 Å². The second-order valence-electron chi connectivity index (χ2n) is 9.01. The first-order valence-corrected chi connectivity index (χ1v) is 11.6. The van der Waals surface area contributed by atoms with Gasteiger partial charge in [-0.2, -0.15) is 0 Å².